The van der Waals surface area contributed by atoms with Crippen molar-refractivity contribution in [2.45, 2.75) is 49.9 Å². The molecule has 1 saturated heterocycles. The Bertz CT molecular complexity index is 1200. The van der Waals surface area contributed by atoms with Gasteiger partial charge in [0.25, 0.3) is 10.0 Å². The monoisotopic (exact) mass is 536 g/mol. The number of amides is 2. The van der Waals surface area contributed by atoms with Gasteiger partial charge in [-0.05, 0) is 45.4 Å². The molecule has 0 bridgehead atoms. The Labute approximate surface area is 203 Å². The zero-order valence-corrected chi connectivity index (χ0v) is 20.5. The van der Waals surface area contributed by atoms with Gasteiger partial charge in [-0.3, -0.25) is 0 Å². The average molecular weight is 537 g/mol. The van der Waals surface area contributed by atoms with Crippen LogP contribution in [0.4, 0.5) is 34.3 Å². The number of ether oxygens (including phenoxy) is 1. The molecule has 0 spiro atoms. The van der Waals surface area contributed by atoms with Crippen molar-refractivity contribution in [1.29, 1.82) is 0 Å². The maximum Gasteiger partial charge on any atom is 0.430 e. The Morgan fingerprint density at radius 2 is 1.97 bits per heavy atom. The zero-order valence-electron chi connectivity index (χ0n) is 18.9. The third-order valence-electron chi connectivity index (χ3n) is 4.84. The molecule has 1 atom stereocenters. The summed E-state index contributed by atoms with van der Waals surface area (Å²) >= 11 is 0.984. The van der Waals surface area contributed by atoms with Crippen LogP contribution >= 0.6 is 11.3 Å². The SMILES string of the molecule is CC(C)(C)OC(=O)N(c1cscn1)S(=O)(=O)c1ccc(N[C@H]2CCN(C(=O)O)C2)c(C(F)(F)F)c1. The van der Waals surface area contributed by atoms with Crippen molar-refractivity contribution < 1.29 is 41.0 Å². The molecule has 15 heteroatoms. The second-order valence-corrected chi connectivity index (χ2v) is 11.2. The Kier molecular flexibility index (Phi) is 7.22. The minimum Gasteiger partial charge on any atom is -0.465 e. The number of nitrogens with zero attached hydrogens (tertiary/aromatic N) is 3. The van der Waals surface area contributed by atoms with Crippen LogP contribution in [0.25, 0.3) is 0 Å². The fourth-order valence-corrected chi connectivity index (χ4v) is 5.23. The lowest BCUT2D eigenvalue weighted by Crippen LogP contribution is -2.41. The molecule has 0 saturated carbocycles. The van der Waals surface area contributed by atoms with Crippen LogP contribution in [0.1, 0.15) is 32.8 Å². The third kappa shape index (κ3) is 6.14. The van der Waals surface area contributed by atoms with Crippen LogP contribution < -0.4 is 9.62 Å². The number of carbonyl (C=O) groups excluding carboxylic acids is 1. The summed E-state index contributed by atoms with van der Waals surface area (Å²) in [6.45, 7) is 4.65. The lowest BCUT2D eigenvalue weighted by atomic mass is 10.1. The molecule has 2 heterocycles. The number of rotatable bonds is 5. The Balaban J connectivity index is 2.01. The van der Waals surface area contributed by atoms with Crippen LogP contribution in [0, 0.1) is 0 Å². The molecule has 3 rings (SSSR count). The molecule has 0 aliphatic carbocycles. The Morgan fingerprint density at radius 1 is 1.29 bits per heavy atom. The van der Waals surface area contributed by atoms with E-state index in [9.17, 15) is 31.2 Å². The first-order valence-electron chi connectivity index (χ1n) is 10.2. The minimum absolute atomic E-state index is 0.0249. The normalized spacial score (nSPS) is 16.7. The first-order valence-corrected chi connectivity index (χ1v) is 12.6. The standard InChI is InChI=1S/C20H23F3N4O6S2/c1-19(2,3)33-18(30)27(16-10-34-11-24-16)35(31,32)13-4-5-15(14(8-13)20(21,22)23)25-12-6-7-26(9-12)17(28)29/h4-5,8,10-12,25H,6-7,9H2,1-3H3,(H,28,29)/t12-/m0/s1. The lowest BCUT2D eigenvalue weighted by Gasteiger charge is -2.26. The molecule has 1 fully saturated rings. The molecule has 1 aliphatic heterocycles. The fraction of sp³-hybridized carbons (Fsp3) is 0.450. The highest BCUT2D eigenvalue weighted by Crippen LogP contribution is 2.38. The van der Waals surface area contributed by atoms with E-state index >= 15 is 0 Å². The predicted octanol–water partition coefficient (Wildman–Crippen LogP) is 4.46. The van der Waals surface area contributed by atoms with Crippen molar-refractivity contribution in [3.8, 4) is 0 Å². The molecule has 1 aromatic heterocycles. The maximum atomic E-state index is 13.9. The smallest absolute Gasteiger partial charge is 0.430 e. The van der Waals surface area contributed by atoms with Gasteiger partial charge in [0.1, 0.15) is 5.60 Å². The molecule has 10 nitrogen and oxygen atoms in total. The van der Waals surface area contributed by atoms with Crippen molar-refractivity contribution in [1.82, 2.24) is 9.88 Å². The molecule has 35 heavy (non-hydrogen) atoms. The number of benzene rings is 1. The lowest BCUT2D eigenvalue weighted by molar-refractivity contribution is -0.137. The summed E-state index contributed by atoms with van der Waals surface area (Å²) in [5.74, 6) is -0.320. The number of carboxylic acid groups (broad SMARTS) is 1. The third-order valence-corrected chi connectivity index (χ3v) is 7.08. The summed E-state index contributed by atoms with van der Waals surface area (Å²) in [4.78, 5) is 27.9. The van der Waals surface area contributed by atoms with Crippen LogP contribution in [0.5, 0.6) is 0 Å². The molecule has 1 aliphatic rings. The van der Waals surface area contributed by atoms with E-state index in [1.807, 2.05) is 0 Å². The van der Waals surface area contributed by atoms with Gasteiger partial charge in [-0.25, -0.2) is 23.0 Å². The van der Waals surface area contributed by atoms with Crippen LogP contribution in [0.2, 0.25) is 0 Å². The molecule has 0 radical (unpaired) electrons. The number of anilines is 2. The van der Waals surface area contributed by atoms with Gasteiger partial charge >= 0.3 is 18.4 Å². The highest BCUT2D eigenvalue weighted by atomic mass is 32.2. The van der Waals surface area contributed by atoms with Crippen molar-refractivity contribution in [3.63, 3.8) is 0 Å². The van der Waals surface area contributed by atoms with Crippen LogP contribution in [0.3, 0.4) is 0 Å². The maximum absolute atomic E-state index is 13.9. The van der Waals surface area contributed by atoms with Gasteiger partial charge in [0, 0.05) is 30.2 Å². The van der Waals surface area contributed by atoms with E-state index in [0.717, 1.165) is 28.4 Å². The number of thiazole rings is 1. The largest absolute Gasteiger partial charge is 0.465 e. The quantitative estimate of drug-likeness (QED) is 0.573. The van der Waals surface area contributed by atoms with Gasteiger partial charge in [0.2, 0.25) is 0 Å². The van der Waals surface area contributed by atoms with Crippen LogP contribution in [-0.2, 0) is 20.9 Å². The van der Waals surface area contributed by atoms with Crippen LogP contribution in [-0.4, -0.2) is 60.3 Å². The van der Waals surface area contributed by atoms with Crippen molar-refractivity contribution in [3.05, 3.63) is 34.7 Å². The van der Waals surface area contributed by atoms with Gasteiger partial charge in [0.15, 0.2) is 5.82 Å². The van der Waals surface area contributed by atoms with E-state index in [4.69, 9.17) is 9.84 Å². The van der Waals surface area contributed by atoms with Crippen molar-refractivity contribution >= 4 is 45.1 Å². The van der Waals surface area contributed by atoms with E-state index in [-0.39, 0.29) is 29.6 Å². The molecular formula is C20H23F3N4O6S2. The summed E-state index contributed by atoms with van der Waals surface area (Å²) < 4.78 is 73.7. The number of alkyl halides is 3. The number of aromatic nitrogens is 1. The van der Waals surface area contributed by atoms with E-state index in [1.54, 1.807) is 0 Å². The molecule has 2 N–H and O–H groups in total. The highest BCUT2D eigenvalue weighted by Gasteiger charge is 2.40. The molecule has 1 aromatic carbocycles. The van der Waals surface area contributed by atoms with E-state index in [0.29, 0.717) is 6.07 Å². The number of sulfonamides is 1. The first-order chi connectivity index (χ1) is 16.1. The van der Waals surface area contributed by atoms with Crippen LogP contribution in [0.15, 0.2) is 34.0 Å². The average Bonchev–Trinajstić information content (AvgIpc) is 3.38. The second-order valence-electron chi connectivity index (χ2n) is 8.66. The fourth-order valence-electron chi connectivity index (χ4n) is 3.35. The number of hydrogen-bond acceptors (Lipinski definition) is 8. The second kappa shape index (κ2) is 9.53. The summed E-state index contributed by atoms with van der Waals surface area (Å²) in [6, 6.07) is 1.70. The Hall–Kier alpha value is -3.07. The molecule has 192 valence electrons. The number of carbonyl (C=O) groups is 2. The summed E-state index contributed by atoms with van der Waals surface area (Å²) in [7, 11) is -4.85. The molecule has 2 amide bonds. The van der Waals surface area contributed by atoms with E-state index in [1.165, 1.54) is 31.7 Å². The topological polar surface area (TPSA) is 129 Å². The molecular weight excluding hydrogens is 513 g/mol. The number of likely N-dealkylation sites (tertiary alicyclic amines) is 1. The summed E-state index contributed by atoms with van der Waals surface area (Å²) in [5, 5.41) is 13.0. The first kappa shape index (κ1) is 26.5. The van der Waals surface area contributed by atoms with E-state index in [2.05, 4.69) is 10.3 Å². The summed E-state index contributed by atoms with van der Waals surface area (Å²) in [6.07, 6.45) is -7.18. The number of halogens is 3. The van der Waals surface area contributed by atoms with Gasteiger partial charge in [-0.15, -0.1) is 15.6 Å². The van der Waals surface area contributed by atoms with Gasteiger partial charge in [-0.1, -0.05) is 0 Å². The minimum atomic E-state index is -4.95. The highest BCUT2D eigenvalue weighted by molar-refractivity contribution is 7.93. The zero-order chi connectivity index (χ0) is 26.2. The Morgan fingerprint density at radius 3 is 2.49 bits per heavy atom. The molecule has 0 unspecified atom stereocenters. The van der Waals surface area contributed by atoms with E-state index < -0.39 is 56.2 Å². The summed E-state index contributed by atoms with van der Waals surface area (Å²) in [5.41, 5.74) is -1.52. The van der Waals surface area contributed by atoms with Gasteiger partial charge < -0.3 is 20.1 Å². The number of hydrogen-bond donors (Lipinski definition) is 2. The van der Waals surface area contributed by atoms with Crippen molar-refractivity contribution in [2.75, 3.05) is 22.7 Å². The number of nitrogens with one attached hydrogen (secondary N) is 1. The van der Waals surface area contributed by atoms with Crippen molar-refractivity contribution in [2.24, 2.45) is 0 Å². The van der Waals surface area contributed by atoms with Gasteiger partial charge in [-0.2, -0.15) is 13.2 Å². The molecule has 2 aromatic rings. The van der Waals surface area contributed by atoms with Gasteiger partial charge in [0.05, 0.1) is 16.0 Å². The predicted molar refractivity (Wildman–Crippen MR) is 121 cm³/mol.